The Kier molecular flexibility index (Phi) is 3.07. The summed E-state index contributed by atoms with van der Waals surface area (Å²) in [5, 5.41) is 10.9. The van der Waals surface area contributed by atoms with E-state index in [1.807, 2.05) is 0 Å². The van der Waals surface area contributed by atoms with Crippen LogP contribution in [0.25, 0.3) is 11.0 Å². The molecule has 0 aliphatic rings. The summed E-state index contributed by atoms with van der Waals surface area (Å²) < 4.78 is 0. The minimum absolute atomic E-state index is 0. The first-order valence-electron chi connectivity index (χ1n) is 3.26. The fourth-order valence-electron chi connectivity index (χ4n) is 0.961. The summed E-state index contributed by atoms with van der Waals surface area (Å²) in [6.45, 7) is 0. The average molecular weight is 400 g/mol. The van der Waals surface area contributed by atoms with Crippen LogP contribution in [0.1, 0.15) is 0 Å². The first-order valence-corrected chi connectivity index (χ1v) is 3.26. The number of fused-ring (bicyclic) bond motifs is 1. The van der Waals surface area contributed by atoms with Gasteiger partial charge in [-0.2, -0.15) is 6.07 Å². The van der Waals surface area contributed by atoms with Crippen molar-refractivity contribution >= 4 is 16.7 Å². The van der Waals surface area contributed by atoms with E-state index in [9.17, 15) is 10.1 Å². The third kappa shape index (κ3) is 1.90. The molecule has 0 saturated carbocycles. The summed E-state index contributed by atoms with van der Waals surface area (Å²) >= 11 is 0. The Hall–Kier alpha value is -0.858. The maximum Gasteiger partial charge on any atom is 0.234 e. The minimum atomic E-state index is -0.479. The van der Waals surface area contributed by atoms with Crippen molar-refractivity contribution in [2.75, 3.05) is 0 Å². The summed E-state index contributed by atoms with van der Waals surface area (Å²) in [5.74, 6) is 0. The van der Waals surface area contributed by atoms with Crippen LogP contribution in [0.5, 0.6) is 0 Å². The second-order valence-electron chi connectivity index (χ2n) is 2.28. The van der Waals surface area contributed by atoms with E-state index in [2.05, 4.69) is 16.0 Å². The van der Waals surface area contributed by atoms with Crippen LogP contribution in [0.4, 0.5) is 5.69 Å². The molecule has 6 heteroatoms. The van der Waals surface area contributed by atoms with Gasteiger partial charge in [0, 0.05) is 36.8 Å². The number of pyridine rings is 1. The van der Waals surface area contributed by atoms with Crippen LogP contribution in [0.15, 0.2) is 18.5 Å². The zero-order chi connectivity index (χ0) is 8.55. The molecule has 0 aliphatic heterocycles. The van der Waals surface area contributed by atoms with Gasteiger partial charge in [-0.3, -0.25) is 15.1 Å². The van der Waals surface area contributed by atoms with Crippen LogP contribution in [0, 0.1) is 47.3 Å². The van der Waals surface area contributed by atoms with Gasteiger partial charge in [0.2, 0.25) is 5.69 Å². The maximum atomic E-state index is 10.3. The van der Waals surface area contributed by atoms with Gasteiger partial charge in [0.05, 0.1) is 11.1 Å². The predicted octanol–water partition coefficient (Wildman–Crippen LogP) is 1.27. The Balaban J connectivity index is 0.000000845. The number of H-pyrrole nitrogens is 1. The standard InChI is InChI=1S/C7H4N3O2.U/c11-10(12)6-3-5-1-2-8-7(5)9-4-6;/h2-4H,(H,8,9);/q-1;. The Morgan fingerprint density at radius 3 is 3.08 bits per heavy atom. The van der Waals surface area contributed by atoms with Crippen LogP contribution >= 0.6 is 0 Å². The largest absolute Gasteiger partial charge is 0.410 e. The van der Waals surface area contributed by atoms with Crippen molar-refractivity contribution in [1.82, 2.24) is 9.97 Å². The molecular weight excluding hydrogens is 396 g/mol. The molecule has 0 saturated heterocycles. The molecule has 2 rings (SSSR count). The fraction of sp³-hybridized carbons (Fsp3) is 0. The maximum absolute atomic E-state index is 10.3. The second kappa shape index (κ2) is 3.90. The summed E-state index contributed by atoms with van der Waals surface area (Å²) in [6, 6.07) is 4.22. The fourth-order valence-corrected chi connectivity index (χ4v) is 0.961. The molecule has 2 aromatic rings. The van der Waals surface area contributed by atoms with Crippen LogP contribution < -0.4 is 0 Å². The van der Waals surface area contributed by atoms with Crippen LogP contribution in [0.2, 0.25) is 0 Å². The minimum Gasteiger partial charge on any atom is -0.410 e. The first kappa shape index (κ1) is 10.2. The van der Waals surface area contributed by atoms with Gasteiger partial charge >= 0.3 is 0 Å². The molecule has 0 aromatic carbocycles. The number of hydrogen-bond donors (Lipinski definition) is 1. The molecule has 1 N–H and O–H groups in total. The third-order valence-corrected chi connectivity index (χ3v) is 1.52. The van der Waals surface area contributed by atoms with Gasteiger partial charge in [-0.25, -0.2) is 0 Å². The second-order valence-corrected chi connectivity index (χ2v) is 2.28. The quantitative estimate of drug-likeness (QED) is 0.446. The Morgan fingerprint density at radius 2 is 2.38 bits per heavy atom. The summed E-state index contributed by atoms with van der Waals surface area (Å²) in [5.41, 5.74) is 0.596. The topological polar surface area (TPSA) is 71.8 Å². The smallest absolute Gasteiger partial charge is 0.234 e. The zero-order valence-corrected chi connectivity index (χ0v) is 10.6. The summed E-state index contributed by atoms with van der Waals surface area (Å²) in [4.78, 5) is 16.5. The third-order valence-electron chi connectivity index (χ3n) is 1.52. The molecule has 0 atom stereocenters. The number of rotatable bonds is 1. The molecule has 0 aliphatic carbocycles. The van der Waals surface area contributed by atoms with Crippen molar-refractivity contribution in [2.24, 2.45) is 0 Å². The van der Waals surface area contributed by atoms with Gasteiger partial charge in [-0.05, 0) is 0 Å². The predicted molar refractivity (Wildman–Crippen MR) is 41.6 cm³/mol. The van der Waals surface area contributed by atoms with Gasteiger partial charge in [-0.15, -0.1) is 5.39 Å². The van der Waals surface area contributed by atoms with Crippen molar-refractivity contribution in [1.29, 1.82) is 0 Å². The molecule has 2 aromatic heterocycles. The Bertz CT molecular complexity index is 440. The number of hydrogen-bond acceptors (Lipinski definition) is 3. The number of nitrogens with zero attached hydrogens (tertiary/aromatic N) is 2. The van der Waals surface area contributed by atoms with Crippen LogP contribution in [0.3, 0.4) is 0 Å². The molecule has 0 fully saturated rings. The van der Waals surface area contributed by atoms with E-state index in [1.165, 1.54) is 12.3 Å². The molecule has 0 radical (unpaired) electrons. The van der Waals surface area contributed by atoms with Crippen molar-refractivity contribution < 1.29 is 36.0 Å². The van der Waals surface area contributed by atoms with E-state index in [4.69, 9.17) is 0 Å². The number of aromatic nitrogens is 2. The average Bonchev–Trinajstić information content (AvgIpc) is 2.49. The molecule has 2 heterocycles. The Morgan fingerprint density at radius 1 is 1.62 bits per heavy atom. The number of nitrogens with one attached hydrogen (secondary N) is 1. The molecular formula is C7H4N3O2U-. The SMILES string of the molecule is O=[N+]([O-])c1cnc2[nH]c[c-]c2c1.[U]. The van der Waals surface area contributed by atoms with Crippen molar-refractivity contribution in [3.63, 3.8) is 0 Å². The van der Waals surface area contributed by atoms with Crippen molar-refractivity contribution in [3.05, 3.63) is 34.6 Å². The van der Waals surface area contributed by atoms with E-state index in [-0.39, 0.29) is 36.8 Å². The molecule has 5 nitrogen and oxygen atoms in total. The molecule has 0 bridgehead atoms. The van der Waals surface area contributed by atoms with Crippen LogP contribution in [-0.2, 0) is 0 Å². The van der Waals surface area contributed by atoms with E-state index < -0.39 is 4.92 Å². The van der Waals surface area contributed by atoms with E-state index in [0.29, 0.717) is 11.0 Å². The normalized spacial score (nSPS) is 9.54. The zero-order valence-electron chi connectivity index (χ0n) is 6.44. The summed E-state index contributed by atoms with van der Waals surface area (Å²) in [6.07, 6.45) is 2.79. The van der Waals surface area contributed by atoms with E-state index in [0.717, 1.165) is 0 Å². The molecule has 64 valence electrons. The van der Waals surface area contributed by atoms with Gasteiger partial charge in [-0.1, -0.05) is 12.3 Å². The molecule has 0 amide bonds. The van der Waals surface area contributed by atoms with Gasteiger partial charge in [0.1, 0.15) is 0 Å². The molecule has 0 unspecified atom stereocenters. The van der Waals surface area contributed by atoms with Gasteiger partial charge in [0.25, 0.3) is 0 Å². The summed E-state index contributed by atoms with van der Waals surface area (Å²) in [7, 11) is 0. The monoisotopic (exact) mass is 400 g/mol. The Labute approximate surface area is 97.1 Å². The first-order chi connectivity index (χ1) is 5.77. The molecule has 0 spiro atoms. The van der Waals surface area contributed by atoms with Crippen molar-refractivity contribution in [2.45, 2.75) is 0 Å². The molecule has 13 heavy (non-hydrogen) atoms. The number of aromatic amines is 1. The van der Waals surface area contributed by atoms with Crippen LogP contribution in [-0.4, -0.2) is 14.9 Å². The van der Waals surface area contributed by atoms with E-state index in [1.54, 1.807) is 6.20 Å². The van der Waals surface area contributed by atoms with Crippen molar-refractivity contribution in [3.8, 4) is 0 Å². The van der Waals surface area contributed by atoms with E-state index >= 15 is 0 Å². The van der Waals surface area contributed by atoms with Gasteiger partial charge in [0.15, 0.2) is 0 Å². The number of nitro groups is 1. The van der Waals surface area contributed by atoms with Gasteiger partial charge < -0.3 is 4.98 Å².